The first kappa shape index (κ1) is 32.9. The van der Waals surface area contributed by atoms with E-state index >= 15 is 0 Å². The molecule has 272 valence electrons. The highest BCUT2D eigenvalue weighted by atomic mass is 32.1. The molecule has 0 aliphatic carbocycles. The van der Waals surface area contributed by atoms with Crippen molar-refractivity contribution in [1.82, 2.24) is 9.97 Å². The Morgan fingerprint density at radius 2 is 1.16 bits per heavy atom. The number of aromatic nitrogens is 2. The number of thiophene rings is 1. The van der Waals surface area contributed by atoms with E-state index in [0.717, 1.165) is 50.0 Å². The third-order valence-corrected chi connectivity index (χ3v) is 12.8. The Bertz CT molecular complexity index is 3370. The number of benzene rings is 8. The van der Waals surface area contributed by atoms with Gasteiger partial charge in [-0.1, -0.05) is 152 Å². The fourth-order valence-corrected chi connectivity index (χ4v) is 10.0. The summed E-state index contributed by atoms with van der Waals surface area (Å²) in [4.78, 5) is 10.2. The number of hydrogen-bond acceptors (Lipinski definition) is 5. The molecule has 1 unspecified atom stereocenters. The number of fused-ring (bicyclic) bond motifs is 10. The quantitative estimate of drug-likeness (QED) is 0.190. The minimum absolute atomic E-state index is 0.0686. The van der Waals surface area contributed by atoms with Crippen LogP contribution in [0.15, 0.2) is 192 Å². The highest BCUT2D eigenvalue weighted by Gasteiger charge is 2.28. The second-order valence-corrected chi connectivity index (χ2v) is 16.0. The molecule has 1 atom stereocenters. The van der Waals surface area contributed by atoms with Gasteiger partial charge >= 0.3 is 0 Å². The van der Waals surface area contributed by atoms with Crippen molar-refractivity contribution in [3.8, 4) is 56.2 Å². The lowest BCUT2D eigenvalue weighted by molar-refractivity contribution is 0.669. The van der Waals surface area contributed by atoms with Crippen LogP contribution in [0.3, 0.4) is 0 Å². The third kappa shape index (κ3) is 5.28. The van der Waals surface area contributed by atoms with Gasteiger partial charge in [0.2, 0.25) is 0 Å². The molecule has 12 rings (SSSR count). The molecule has 1 aliphatic rings. The summed E-state index contributed by atoms with van der Waals surface area (Å²) in [5.41, 5.74) is 15.1. The van der Waals surface area contributed by atoms with Crippen molar-refractivity contribution < 1.29 is 4.42 Å². The summed E-state index contributed by atoms with van der Waals surface area (Å²) in [6.07, 6.45) is 0. The number of para-hydroxylation sites is 2. The zero-order valence-corrected chi connectivity index (χ0v) is 32.0. The van der Waals surface area contributed by atoms with E-state index in [1.54, 1.807) is 0 Å². The molecule has 8 aromatic carbocycles. The van der Waals surface area contributed by atoms with E-state index < -0.39 is 0 Å². The predicted molar refractivity (Wildman–Crippen MR) is 241 cm³/mol. The molecule has 0 amide bonds. The first-order chi connectivity index (χ1) is 28.7. The molecule has 3 aromatic heterocycles. The lowest BCUT2D eigenvalue weighted by Gasteiger charge is -2.31. The minimum atomic E-state index is 0.0686. The molecule has 11 aromatic rings. The molecule has 0 bridgehead atoms. The summed E-state index contributed by atoms with van der Waals surface area (Å²) in [5.74, 6) is 0.687. The zero-order valence-electron chi connectivity index (χ0n) is 31.2. The van der Waals surface area contributed by atoms with Crippen molar-refractivity contribution >= 4 is 59.1 Å². The summed E-state index contributed by atoms with van der Waals surface area (Å²) in [5, 5.41) is 8.68. The van der Waals surface area contributed by atoms with Crippen LogP contribution in [-0.2, 0) is 0 Å². The standard InChI is InChI=1S/C53H33N3OS/c1-3-12-34(13-4-1)51-41-28-29-48-50(49(41)40-17-7-9-20-43(40)54-51)42-19-11-18-37(52(42)58-48)32-22-24-33(25-23-32)44-31-45(56-53(55-44)35-14-5-2-6-15-35)36-26-27-39-38-16-8-10-21-46(38)57-47(39)30-36/h1-31,51,54H. The van der Waals surface area contributed by atoms with E-state index in [1.165, 1.54) is 59.2 Å². The van der Waals surface area contributed by atoms with Gasteiger partial charge < -0.3 is 9.73 Å². The lowest BCUT2D eigenvalue weighted by atomic mass is 9.84. The lowest BCUT2D eigenvalue weighted by Crippen LogP contribution is -2.18. The predicted octanol–water partition coefficient (Wildman–Crippen LogP) is 14.6. The van der Waals surface area contributed by atoms with E-state index in [2.05, 4.69) is 157 Å². The highest BCUT2D eigenvalue weighted by molar-refractivity contribution is 7.26. The van der Waals surface area contributed by atoms with E-state index in [9.17, 15) is 0 Å². The molecule has 0 radical (unpaired) electrons. The number of hydrogen-bond donors (Lipinski definition) is 1. The Morgan fingerprint density at radius 1 is 0.483 bits per heavy atom. The van der Waals surface area contributed by atoms with Crippen molar-refractivity contribution in [3.63, 3.8) is 0 Å². The first-order valence-electron chi connectivity index (χ1n) is 19.6. The van der Waals surface area contributed by atoms with E-state index in [-0.39, 0.29) is 6.04 Å². The first-order valence-corrected chi connectivity index (χ1v) is 20.4. The molecule has 0 saturated carbocycles. The molecule has 0 saturated heterocycles. The van der Waals surface area contributed by atoms with E-state index in [4.69, 9.17) is 14.4 Å². The molecular weight excluding hydrogens is 727 g/mol. The fraction of sp³-hybridized carbons (Fsp3) is 0.0189. The van der Waals surface area contributed by atoms with Gasteiger partial charge in [0.15, 0.2) is 5.82 Å². The molecular formula is C53H33N3OS. The van der Waals surface area contributed by atoms with Crippen LogP contribution in [0.25, 0.3) is 98.3 Å². The maximum atomic E-state index is 6.27. The van der Waals surface area contributed by atoms with Gasteiger partial charge in [-0.25, -0.2) is 9.97 Å². The Morgan fingerprint density at radius 3 is 2.02 bits per heavy atom. The van der Waals surface area contributed by atoms with Crippen molar-refractivity contribution in [2.75, 3.05) is 5.32 Å². The highest BCUT2D eigenvalue weighted by Crippen LogP contribution is 2.51. The van der Waals surface area contributed by atoms with Crippen LogP contribution in [0.1, 0.15) is 17.2 Å². The van der Waals surface area contributed by atoms with E-state index in [0.29, 0.717) is 5.82 Å². The van der Waals surface area contributed by atoms with Crippen LogP contribution >= 0.6 is 11.3 Å². The van der Waals surface area contributed by atoms with Gasteiger partial charge in [-0.15, -0.1) is 11.3 Å². The van der Waals surface area contributed by atoms with Gasteiger partial charge in [-0.2, -0.15) is 0 Å². The Kier molecular flexibility index (Phi) is 7.43. The second-order valence-electron chi connectivity index (χ2n) is 14.9. The summed E-state index contributed by atoms with van der Waals surface area (Å²) >= 11 is 1.88. The van der Waals surface area contributed by atoms with Crippen molar-refractivity contribution in [2.24, 2.45) is 0 Å². The number of anilines is 1. The molecule has 1 N–H and O–H groups in total. The van der Waals surface area contributed by atoms with Gasteiger partial charge in [-0.3, -0.25) is 0 Å². The van der Waals surface area contributed by atoms with Gasteiger partial charge in [0.25, 0.3) is 0 Å². The topological polar surface area (TPSA) is 51.0 Å². The third-order valence-electron chi connectivity index (χ3n) is 11.6. The molecule has 58 heavy (non-hydrogen) atoms. The zero-order chi connectivity index (χ0) is 38.2. The molecule has 0 fully saturated rings. The SMILES string of the molecule is c1ccc(-c2nc(-c3ccc(-c4cccc5c4sc4ccc6c(c45)-c4ccccc4NC6c4ccccc4)cc3)cc(-c3ccc4c(c3)oc3ccccc34)n2)cc1. The Hall–Kier alpha value is -7.34. The Balaban J connectivity index is 0.968. The second kappa shape index (κ2) is 13.1. The smallest absolute Gasteiger partial charge is 0.160 e. The van der Waals surface area contributed by atoms with Crippen molar-refractivity contribution in [1.29, 1.82) is 0 Å². The largest absolute Gasteiger partial charge is 0.456 e. The minimum Gasteiger partial charge on any atom is -0.456 e. The summed E-state index contributed by atoms with van der Waals surface area (Å²) in [6.45, 7) is 0. The van der Waals surface area contributed by atoms with Crippen LogP contribution in [0.4, 0.5) is 5.69 Å². The number of nitrogens with one attached hydrogen (secondary N) is 1. The molecule has 1 aliphatic heterocycles. The molecule has 5 heteroatoms. The number of nitrogens with zero attached hydrogens (tertiary/aromatic N) is 2. The molecule has 4 nitrogen and oxygen atoms in total. The van der Waals surface area contributed by atoms with Crippen LogP contribution in [-0.4, -0.2) is 9.97 Å². The maximum Gasteiger partial charge on any atom is 0.160 e. The maximum absolute atomic E-state index is 6.27. The molecule has 4 heterocycles. The van der Waals surface area contributed by atoms with Gasteiger partial charge in [-0.05, 0) is 64.2 Å². The van der Waals surface area contributed by atoms with Crippen LogP contribution in [0.5, 0.6) is 0 Å². The van der Waals surface area contributed by atoms with Crippen LogP contribution in [0, 0.1) is 0 Å². The monoisotopic (exact) mass is 759 g/mol. The fourth-order valence-electron chi connectivity index (χ4n) is 8.80. The molecule has 0 spiro atoms. The summed E-state index contributed by atoms with van der Waals surface area (Å²) in [7, 11) is 0. The van der Waals surface area contributed by atoms with Crippen molar-refractivity contribution in [3.05, 3.63) is 199 Å². The number of rotatable bonds is 5. The Labute approximate surface area is 338 Å². The summed E-state index contributed by atoms with van der Waals surface area (Å²) < 4.78 is 8.86. The summed E-state index contributed by atoms with van der Waals surface area (Å²) in [6, 6.07) is 66.7. The number of furan rings is 1. The van der Waals surface area contributed by atoms with Crippen molar-refractivity contribution in [2.45, 2.75) is 6.04 Å². The van der Waals surface area contributed by atoms with Crippen LogP contribution in [0.2, 0.25) is 0 Å². The van der Waals surface area contributed by atoms with E-state index in [1.807, 2.05) is 47.7 Å². The van der Waals surface area contributed by atoms with Gasteiger partial charge in [0.05, 0.1) is 17.4 Å². The normalized spacial score (nSPS) is 13.5. The average molecular weight is 760 g/mol. The van der Waals surface area contributed by atoms with Gasteiger partial charge in [0.1, 0.15) is 11.2 Å². The van der Waals surface area contributed by atoms with Gasteiger partial charge in [0, 0.05) is 58.9 Å². The average Bonchev–Trinajstić information content (AvgIpc) is 3.87. The van der Waals surface area contributed by atoms with Crippen LogP contribution < -0.4 is 5.32 Å².